The Hall–Kier alpha value is -0.900. The Morgan fingerprint density at radius 3 is 2.33 bits per heavy atom. The van der Waals surface area contributed by atoms with E-state index in [2.05, 4.69) is 0 Å². The monoisotopic (exact) mass is 344 g/mol. The second-order valence-corrected chi connectivity index (χ2v) is 6.53. The molecule has 0 N–H and O–H groups in total. The van der Waals surface area contributed by atoms with Crippen LogP contribution in [0.3, 0.4) is 0 Å². The Kier molecular flexibility index (Phi) is 4.08. The fourth-order valence-electron chi connectivity index (χ4n) is 2.78. The first-order chi connectivity index (χ1) is 10.0. The third-order valence-corrected chi connectivity index (χ3v) is 5.03. The summed E-state index contributed by atoms with van der Waals surface area (Å²) in [5, 5.41) is 1.50. The topological polar surface area (TPSA) is 26.9 Å². The summed E-state index contributed by atoms with van der Waals surface area (Å²) in [7, 11) is 0. The molecule has 2 heterocycles. The Labute approximate surface area is 138 Å². The maximum absolute atomic E-state index is 12.7. The lowest BCUT2D eigenvalue weighted by atomic mass is 10.1. The minimum absolute atomic E-state index is 0.0782. The molecular formula is C15H15Cl3N2O. The fourth-order valence-corrected chi connectivity index (χ4v) is 3.61. The number of hydrogen-bond acceptors (Lipinski definition) is 1. The van der Waals surface area contributed by atoms with Gasteiger partial charge in [-0.3, -0.25) is 9.48 Å². The van der Waals surface area contributed by atoms with E-state index in [1.807, 2.05) is 17.7 Å². The summed E-state index contributed by atoms with van der Waals surface area (Å²) in [6.45, 7) is 3.34. The molecule has 0 saturated carbocycles. The molecule has 0 spiro atoms. The van der Waals surface area contributed by atoms with Crippen molar-refractivity contribution in [2.24, 2.45) is 0 Å². The van der Waals surface area contributed by atoms with Crippen molar-refractivity contribution in [2.45, 2.75) is 39.3 Å². The first-order valence-corrected chi connectivity index (χ1v) is 8.09. The van der Waals surface area contributed by atoms with Crippen molar-refractivity contribution in [2.75, 3.05) is 0 Å². The summed E-state index contributed by atoms with van der Waals surface area (Å²) >= 11 is 18.8. The summed E-state index contributed by atoms with van der Waals surface area (Å²) in [5.74, 6) is 0. The van der Waals surface area contributed by atoms with Gasteiger partial charge < -0.3 is 0 Å². The average molecular weight is 346 g/mol. The van der Waals surface area contributed by atoms with Crippen molar-refractivity contribution < 1.29 is 0 Å². The number of benzene rings is 1. The second-order valence-electron chi connectivity index (χ2n) is 5.36. The zero-order chi connectivity index (χ0) is 15.1. The minimum atomic E-state index is -0.0782. The van der Waals surface area contributed by atoms with Crippen molar-refractivity contribution in [1.82, 2.24) is 9.36 Å². The molecule has 0 atom stereocenters. The quantitative estimate of drug-likeness (QED) is 0.731. The van der Waals surface area contributed by atoms with Crippen LogP contribution >= 0.6 is 34.8 Å². The van der Waals surface area contributed by atoms with Gasteiger partial charge in [-0.1, -0.05) is 34.8 Å². The van der Waals surface area contributed by atoms with E-state index in [0.29, 0.717) is 32.9 Å². The minimum Gasteiger partial charge on any atom is -0.271 e. The highest BCUT2D eigenvalue weighted by Gasteiger charge is 2.23. The van der Waals surface area contributed by atoms with Gasteiger partial charge in [0.25, 0.3) is 5.56 Å². The van der Waals surface area contributed by atoms with Crippen LogP contribution < -0.4 is 5.56 Å². The second kappa shape index (κ2) is 5.71. The highest BCUT2D eigenvalue weighted by atomic mass is 35.5. The van der Waals surface area contributed by atoms with Gasteiger partial charge in [-0.2, -0.15) is 0 Å². The van der Waals surface area contributed by atoms with Crippen LogP contribution in [-0.4, -0.2) is 9.36 Å². The van der Waals surface area contributed by atoms with Crippen LogP contribution in [0.4, 0.5) is 0 Å². The molecule has 0 fully saturated rings. The van der Waals surface area contributed by atoms with E-state index in [9.17, 15) is 4.79 Å². The third kappa shape index (κ3) is 2.52. The molecule has 3 rings (SSSR count). The number of rotatable bonds is 1. The normalized spacial score (nSPS) is 14.9. The summed E-state index contributed by atoms with van der Waals surface area (Å²) in [4.78, 5) is 12.7. The van der Waals surface area contributed by atoms with Crippen molar-refractivity contribution in [3.8, 4) is 11.1 Å². The summed E-state index contributed by atoms with van der Waals surface area (Å²) < 4.78 is 3.59. The molecule has 6 heteroatoms. The van der Waals surface area contributed by atoms with Crippen molar-refractivity contribution in [1.29, 1.82) is 0 Å². The van der Waals surface area contributed by atoms with Gasteiger partial charge in [0.2, 0.25) is 0 Å². The lowest BCUT2D eigenvalue weighted by Gasteiger charge is -2.07. The van der Waals surface area contributed by atoms with Crippen molar-refractivity contribution >= 4 is 34.8 Å². The summed E-state index contributed by atoms with van der Waals surface area (Å²) in [5.41, 5.74) is 1.92. The molecule has 112 valence electrons. The number of halogens is 3. The number of fused-ring (bicyclic) bond motifs is 1. The zero-order valence-corrected chi connectivity index (χ0v) is 13.9. The van der Waals surface area contributed by atoms with E-state index in [-0.39, 0.29) is 5.56 Å². The first kappa shape index (κ1) is 15.0. The molecule has 3 nitrogen and oxygen atoms in total. The van der Waals surface area contributed by atoms with E-state index >= 15 is 0 Å². The van der Waals surface area contributed by atoms with Gasteiger partial charge in [-0.15, -0.1) is 0 Å². The van der Waals surface area contributed by atoms with Crippen LogP contribution in [0.2, 0.25) is 15.2 Å². The van der Waals surface area contributed by atoms with Gasteiger partial charge in [0.15, 0.2) is 0 Å². The zero-order valence-electron chi connectivity index (χ0n) is 11.6. The predicted octanol–water partition coefficient (Wildman–Crippen LogP) is 4.77. The molecule has 1 aromatic heterocycles. The van der Waals surface area contributed by atoms with Gasteiger partial charge in [0.1, 0.15) is 5.15 Å². The van der Waals surface area contributed by atoms with E-state index in [1.165, 1.54) is 0 Å². The SMILES string of the molecule is Cc1cc(-c2c(Cl)n3n(c2=O)CCCCC3)c(Cl)cc1Cl. The molecule has 1 aromatic carbocycles. The fraction of sp³-hybridized carbons (Fsp3) is 0.400. The molecule has 21 heavy (non-hydrogen) atoms. The van der Waals surface area contributed by atoms with Crippen LogP contribution in [0.5, 0.6) is 0 Å². The Balaban J connectivity index is 2.25. The van der Waals surface area contributed by atoms with Crippen molar-refractivity contribution in [3.05, 3.63) is 43.2 Å². The van der Waals surface area contributed by atoms with Gasteiger partial charge in [0, 0.05) is 23.7 Å². The lowest BCUT2D eigenvalue weighted by Crippen LogP contribution is -2.22. The Morgan fingerprint density at radius 1 is 0.952 bits per heavy atom. The number of aromatic nitrogens is 2. The first-order valence-electron chi connectivity index (χ1n) is 6.96. The molecule has 0 aliphatic carbocycles. The van der Waals surface area contributed by atoms with Crippen LogP contribution in [0.25, 0.3) is 11.1 Å². The Morgan fingerprint density at radius 2 is 1.62 bits per heavy atom. The summed E-state index contributed by atoms with van der Waals surface area (Å²) in [6, 6.07) is 3.49. The Bertz CT molecular complexity index is 761. The summed E-state index contributed by atoms with van der Waals surface area (Å²) in [6.07, 6.45) is 3.13. The van der Waals surface area contributed by atoms with Crippen LogP contribution in [-0.2, 0) is 13.1 Å². The number of aryl methyl sites for hydroxylation is 1. The van der Waals surface area contributed by atoms with Crippen LogP contribution in [0.1, 0.15) is 24.8 Å². The van der Waals surface area contributed by atoms with Gasteiger partial charge in [0.05, 0.1) is 10.6 Å². The lowest BCUT2D eigenvalue weighted by molar-refractivity contribution is 0.477. The molecule has 0 amide bonds. The van der Waals surface area contributed by atoms with Crippen LogP contribution in [0.15, 0.2) is 16.9 Å². The molecule has 2 aromatic rings. The highest BCUT2D eigenvalue weighted by molar-refractivity contribution is 6.38. The van der Waals surface area contributed by atoms with E-state index < -0.39 is 0 Å². The van der Waals surface area contributed by atoms with Gasteiger partial charge in [-0.25, -0.2) is 4.68 Å². The largest absolute Gasteiger partial charge is 0.276 e. The maximum Gasteiger partial charge on any atom is 0.276 e. The molecule has 1 aliphatic rings. The van der Waals surface area contributed by atoms with E-state index in [1.54, 1.807) is 10.7 Å². The third-order valence-electron chi connectivity index (χ3n) is 3.93. The maximum atomic E-state index is 12.7. The van der Waals surface area contributed by atoms with Gasteiger partial charge >= 0.3 is 0 Å². The molecule has 1 aliphatic heterocycles. The van der Waals surface area contributed by atoms with Crippen molar-refractivity contribution in [3.63, 3.8) is 0 Å². The molecule has 0 unspecified atom stereocenters. The van der Waals surface area contributed by atoms with E-state index in [0.717, 1.165) is 31.4 Å². The average Bonchev–Trinajstić information content (AvgIpc) is 2.63. The van der Waals surface area contributed by atoms with E-state index in [4.69, 9.17) is 34.8 Å². The smallest absolute Gasteiger partial charge is 0.271 e. The molecule has 0 radical (unpaired) electrons. The van der Waals surface area contributed by atoms with Gasteiger partial charge in [-0.05, 0) is 43.9 Å². The number of nitrogens with zero attached hydrogens (tertiary/aromatic N) is 2. The highest BCUT2D eigenvalue weighted by Crippen LogP contribution is 2.35. The molecule has 0 saturated heterocycles. The number of hydrogen-bond donors (Lipinski definition) is 0. The van der Waals surface area contributed by atoms with Crippen LogP contribution in [0, 0.1) is 6.92 Å². The molecule has 0 bridgehead atoms. The standard InChI is InChI=1S/C15H15Cl3N2O/c1-9-7-10(12(17)8-11(9)16)13-14(18)19-5-3-2-4-6-20(19)15(13)21/h7-8H,2-6H2,1H3. The molecular weight excluding hydrogens is 331 g/mol. The predicted molar refractivity (Wildman–Crippen MR) is 87.7 cm³/mol.